The van der Waals surface area contributed by atoms with E-state index in [9.17, 15) is 4.79 Å². The predicted molar refractivity (Wildman–Crippen MR) is 109 cm³/mol. The predicted octanol–water partition coefficient (Wildman–Crippen LogP) is 5.61. The Balaban J connectivity index is 1.76. The highest BCUT2D eigenvalue weighted by Crippen LogP contribution is 2.31. The lowest BCUT2D eigenvalue weighted by atomic mass is 10.1. The van der Waals surface area contributed by atoms with E-state index in [-0.39, 0.29) is 5.91 Å². The van der Waals surface area contributed by atoms with Gasteiger partial charge in [0, 0.05) is 5.56 Å². The summed E-state index contributed by atoms with van der Waals surface area (Å²) in [6, 6.07) is 17.6. The molecule has 0 radical (unpaired) electrons. The number of benzene rings is 2. The smallest absolute Gasteiger partial charge is 0.260 e. The minimum absolute atomic E-state index is 0.0788. The monoisotopic (exact) mass is 376 g/mol. The zero-order valence-corrected chi connectivity index (χ0v) is 16.1. The van der Waals surface area contributed by atoms with Crippen LogP contribution in [0.1, 0.15) is 34.2 Å². The number of aromatic nitrogens is 1. The number of aryl methyl sites for hydroxylation is 2. The molecule has 4 rings (SSSR count). The average molecular weight is 376 g/mol. The van der Waals surface area contributed by atoms with Crippen LogP contribution in [0.15, 0.2) is 65.3 Å². The molecule has 0 atom stereocenters. The van der Waals surface area contributed by atoms with E-state index in [2.05, 4.69) is 19.1 Å². The molecule has 1 amide bonds. The molecule has 0 aliphatic rings. The van der Waals surface area contributed by atoms with Gasteiger partial charge >= 0.3 is 0 Å². The van der Waals surface area contributed by atoms with Crippen molar-refractivity contribution in [3.8, 4) is 0 Å². The third-order valence-corrected chi connectivity index (χ3v) is 5.53. The number of carbonyl (C=O) groups excluding carboxylic acids is 1. The van der Waals surface area contributed by atoms with Crippen molar-refractivity contribution in [1.29, 1.82) is 0 Å². The number of fused-ring (bicyclic) bond motifs is 1. The number of nitrogens with zero attached hydrogens (tertiary/aromatic N) is 2. The van der Waals surface area contributed by atoms with Gasteiger partial charge in [-0.05, 0) is 55.3 Å². The molecule has 0 N–H and O–H groups in total. The van der Waals surface area contributed by atoms with Gasteiger partial charge in [0.05, 0.1) is 23.0 Å². The van der Waals surface area contributed by atoms with Crippen LogP contribution < -0.4 is 4.90 Å². The molecule has 2 heterocycles. The second kappa shape index (κ2) is 7.37. The lowest BCUT2D eigenvalue weighted by Gasteiger charge is -2.19. The van der Waals surface area contributed by atoms with Gasteiger partial charge in [-0.3, -0.25) is 9.69 Å². The summed E-state index contributed by atoms with van der Waals surface area (Å²) in [7, 11) is 0. The fourth-order valence-electron chi connectivity index (χ4n) is 3.01. The van der Waals surface area contributed by atoms with Crippen LogP contribution in [-0.4, -0.2) is 10.9 Å². The van der Waals surface area contributed by atoms with E-state index in [1.165, 1.54) is 16.9 Å². The first-order valence-corrected chi connectivity index (χ1v) is 9.76. The van der Waals surface area contributed by atoms with Crippen LogP contribution >= 0.6 is 11.3 Å². The van der Waals surface area contributed by atoms with Crippen LogP contribution in [0, 0.1) is 6.92 Å². The number of amides is 1. The van der Waals surface area contributed by atoms with Crippen LogP contribution in [0.3, 0.4) is 0 Å². The van der Waals surface area contributed by atoms with Gasteiger partial charge in [0.1, 0.15) is 5.76 Å². The van der Waals surface area contributed by atoms with Crippen LogP contribution in [0.5, 0.6) is 0 Å². The standard InChI is InChI=1S/C22H20N2O2S/c1-3-16-9-10-19-20(13-16)27-22(23-19)24(14-18-8-5-11-26-18)21(25)17-7-4-6-15(2)12-17/h4-13H,3,14H2,1-2H3. The summed E-state index contributed by atoms with van der Waals surface area (Å²) in [6.45, 7) is 4.46. The Labute approximate surface area is 162 Å². The van der Waals surface area contributed by atoms with E-state index in [1.54, 1.807) is 11.2 Å². The van der Waals surface area contributed by atoms with Crippen molar-refractivity contribution in [2.75, 3.05) is 4.90 Å². The lowest BCUT2D eigenvalue weighted by Crippen LogP contribution is -2.30. The van der Waals surface area contributed by atoms with Crippen LogP contribution in [0.25, 0.3) is 10.2 Å². The Morgan fingerprint density at radius 3 is 2.78 bits per heavy atom. The topological polar surface area (TPSA) is 46.3 Å². The molecule has 0 spiro atoms. The van der Waals surface area contributed by atoms with E-state index >= 15 is 0 Å². The number of hydrogen-bond donors (Lipinski definition) is 0. The maximum absolute atomic E-state index is 13.3. The molecule has 0 saturated carbocycles. The maximum atomic E-state index is 13.3. The number of hydrogen-bond acceptors (Lipinski definition) is 4. The van der Waals surface area contributed by atoms with Crippen molar-refractivity contribution in [1.82, 2.24) is 4.98 Å². The Kier molecular flexibility index (Phi) is 4.77. The van der Waals surface area contributed by atoms with Gasteiger partial charge in [-0.1, -0.05) is 42.0 Å². The molecule has 4 nitrogen and oxygen atoms in total. The third-order valence-electron chi connectivity index (χ3n) is 4.48. The van der Waals surface area contributed by atoms with Crippen LogP contribution in [0.4, 0.5) is 5.13 Å². The van der Waals surface area contributed by atoms with Gasteiger partial charge in [0.2, 0.25) is 0 Å². The van der Waals surface area contributed by atoms with Gasteiger partial charge in [-0.15, -0.1) is 0 Å². The van der Waals surface area contributed by atoms with Crippen molar-refractivity contribution in [3.63, 3.8) is 0 Å². The van der Waals surface area contributed by atoms with Gasteiger partial charge in [-0.2, -0.15) is 0 Å². The summed E-state index contributed by atoms with van der Waals surface area (Å²) in [5.74, 6) is 0.648. The highest BCUT2D eigenvalue weighted by molar-refractivity contribution is 7.22. The van der Waals surface area contributed by atoms with Gasteiger partial charge < -0.3 is 4.42 Å². The molecule has 4 aromatic rings. The van der Waals surface area contributed by atoms with Gasteiger partial charge in [0.15, 0.2) is 5.13 Å². The van der Waals surface area contributed by atoms with Crippen LogP contribution in [-0.2, 0) is 13.0 Å². The first kappa shape index (κ1) is 17.5. The molecule has 2 aromatic carbocycles. The largest absolute Gasteiger partial charge is 0.467 e. The Bertz CT molecular complexity index is 1080. The fourth-order valence-corrected chi connectivity index (χ4v) is 4.04. The number of rotatable bonds is 5. The fraction of sp³-hybridized carbons (Fsp3) is 0.182. The summed E-state index contributed by atoms with van der Waals surface area (Å²) in [5.41, 5.74) is 3.87. The second-order valence-electron chi connectivity index (χ2n) is 6.49. The number of thiazole rings is 1. The number of anilines is 1. The minimum atomic E-state index is -0.0788. The Morgan fingerprint density at radius 1 is 1.15 bits per heavy atom. The molecule has 2 aromatic heterocycles. The molecule has 0 saturated heterocycles. The van der Waals surface area contributed by atoms with Crippen molar-refractivity contribution in [2.24, 2.45) is 0 Å². The van der Waals surface area contributed by atoms with Gasteiger partial charge in [0.25, 0.3) is 5.91 Å². The SMILES string of the molecule is CCc1ccc2nc(N(Cc3ccco3)C(=O)c3cccc(C)c3)sc2c1. The quantitative estimate of drug-likeness (QED) is 0.455. The van der Waals surface area contributed by atoms with E-state index < -0.39 is 0 Å². The summed E-state index contributed by atoms with van der Waals surface area (Å²) in [4.78, 5) is 19.7. The zero-order chi connectivity index (χ0) is 18.8. The molecular formula is C22H20N2O2S. The molecule has 0 bridgehead atoms. The van der Waals surface area contributed by atoms with E-state index in [0.29, 0.717) is 17.2 Å². The summed E-state index contributed by atoms with van der Waals surface area (Å²) in [5, 5.41) is 0.682. The minimum Gasteiger partial charge on any atom is -0.467 e. The molecular weight excluding hydrogens is 356 g/mol. The molecule has 0 aliphatic carbocycles. The van der Waals surface area contributed by atoms with E-state index in [0.717, 1.165) is 28.0 Å². The van der Waals surface area contributed by atoms with Crippen molar-refractivity contribution in [2.45, 2.75) is 26.8 Å². The molecule has 0 aliphatic heterocycles. The highest BCUT2D eigenvalue weighted by atomic mass is 32.1. The molecule has 0 fully saturated rings. The molecule has 5 heteroatoms. The second-order valence-corrected chi connectivity index (χ2v) is 7.50. The Hall–Kier alpha value is -2.92. The molecule has 136 valence electrons. The number of carbonyl (C=O) groups is 1. The van der Waals surface area contributed by atoms with E-state index in [4.69, 9.17) is 9.40 Å². The first-order valence-electron chi connectivity index (χ1n) is 8.94. The van der Waals surface area contributed by atoms with Gasteiger partial charge in [-0.25, -0.2) is 4.98 Å². The van der Waals surface area contributed by atoms with Crippen molar-refractivity contribution >= 4 is 32.6 Å². The maximum Gasteiger partial charge on any atom is 0.260 e. The van der Waals surface area contributed by atoms with Crippen LogP contribution in [0.2, 0.25) is 0 Å². The zero-order valence-electron chi connectivity index (χ0n) is 15.3. The summed E-state index contributed by atoms with van der Waals surface area (Å²) in [6.07, 6.45) is 2.60. The normalized spacial score (nSPS) is 11.0. The first-order chi connectivity index (χ1) is 13.1. The third kappa shape index (κ3) is 3.64. The lowest BCUT2D eigenvalue weighted by molar-refractivity contribution is 0.0983. The summed E-state index contributed by atoms with van der Waals surface area (Å²) >= 11 is 1.54. The molecule has 0 unspecified atom stereocenters. The Morgan fingerprint density at radius 2 is 2.04 bits per heavy atom. The average Bonchev–Trinajstić information content (AvgIpc) is 3.34. The summed E-state index contributed by atoms with van der Waals surface area (Å²) < 4.78 is 6.58. The molecule has 27 heavy (non-hydrogen) atoms. The highest BCUT2D eigenvalue weighted by Gasteiger charge is 2.23. The number of furan rings is 1. The van der Waals surface area contributed by atoms with E-state index in [1.807, 2.05) is 49.4 Å². The van der Waals surface area contributed by atoms with Crippen molar-refractivity contribution < 1.29 is 9.21 Å². The van der Waals surface area contributed by atoms with Crippen molar-refractivity contribution in [3.05, 3.63) is 83.3 Å².